The van der Waals surface area contributed by atoms with E-state index < -0.39 is 5.60 Å². The van der Waals surface area contributed by atoms with Crippen LogP contribution in [0.2, 0.25) is 0 Å². The van der Waals surface area contributed by atoms with Gasteiger partial charge in [-0.1, -0.05) is 12.1 Å². The average Bonchev–Trinajstić information content (AvgIpc) is 2.14. The van der Waals surface area contributed by atoms with E-state index in [-0.39, 0.29) is 5.78 Å². The SMILES string of the molecule is CC(=O)c1cccc(NCC(C)(C)O)c1. The lowest BCUT2D eigenvalue weighted by Crippen LogP contribution is -2.29. The Hall–Kier alpha value is -1.35. The first-order valence-corrected chi connectivity index (χ1v) is 4.96. The van der Waals surface area contributed by atoms with E-state index in [2.05, 4.69) is 5.32 Å². The Morgan fingerprint density at radius 1 is 1.47 bits per heavy atom. The summed E-state index contributed by atoms with van der Waals surface area (Å²) in [7, 11) is 0. The highest BCUT2D eigenvalue weighted by Crippen LogP contribution is 2.12. The van der Waals surface area contributed by atoms with Gasteiger partial charge in [0, 0.05) is 17.8 Å². The van der Waals surface area contributed by atoms with Gasteiger partial charge in [0.1, 0.15) is 0 Å². The van der Waals surface area contributed by atoms with Gasteiger partial charge in [0.15, 0.2) is 5.78 Å². The summed E-state index contributed by atoms with van der Waals surface area (Å²) in [5, 5.41) is 12.6. The van der Waals surface area contributed by atoms with Gasteiger partial charge in [-0.05, 0) is 32.9 Å². The second-order valence-corrected chi connectivity index (χ2v) is 4.30. The summed E-state index contributed by atoms with van der Waals surface area (Å²) in [5.41, 5.74) is 0.771. The van der Waals surface area contributed by atoms with Crippen LogP contribution in [0.5, 0.6) is 0 Å². The van der Waals surface area contributed by atoms with Gasteiger partial charge in [0.2, 0.25) is 0 Å². The predicted octanol–water partition coefficient (Wildman–Crippen LogP) is 2.07. The van der Waals surface area contributed by atoms with Gasteiger partial charge in [-0.3, -0.25) is 4.79 Å². The fourth-order valence-corrected chi connectivity index (χ4v) is 1.17. The van der Waals surface area contributed by atoms with Crippen LogP contribution >= 0.6 is 0 Å². The van der Waals surface area contributed by atoms with Crippen molar-refractivity contribution >= 4 is 11.5 Å². The van der Waals surface area contributed by atoms with Gasteiger partial charge < -0.3 is 10.4 Å². The Morgan fingerprint density at radius 3 is 2.67 bits per heavy atom. The number of hydrogen-bond donors (Lipinski definition) is 2. The highest BCUT2D eigenvalue weighted by molar-refractivity contribution is 5.94. The molecule has 0 aliphatic heterocycles. The number of hydrogen-bond acceptors (Lipinski definition) is 3. The highest BCUT2D eigenvalue weighted by atomic mass is 16.3. The van der Waals surface area contributed by atoms with Gasteiger partial charge in [-0.15, -0.1) is 0 Å². The van der Waals surface area contributed by atoms with E-state index in [4.69, 9.17) is 0 Å². The topological polar surface area (TPSA) is 49.3 Å². The summed E-state index contributed by atoms with van der Waals surface area (Å²) in [5.74, 6) is 0.0434. The van der Waals surface area contributed by atoms with Crippen molar-refractivity contribution < 1.29 is 9.90 Å². The molecule has 1 aromatic carbocycles. The predicted molar refractivity (Wildman–Crippen MR) is 61.2 cm³/mol. The van der Waals surface area contributed by atoms with Crippen LogP contribution in [0.3, 0.4) is 0 Å². The Morgan fingerprint density at radius 2 is 2.13 bits per heavy atom. The third-order valence-electron chi connectivity index (χ3n) is 1.99. The molecule has 2 N–H and O–H groups in total. The fourth-order valence-electron chi connectivity index (χ4n) is 1.17. The number of Topliss-reactive ketones (excluding diaryl/α,β-unsaturated/α-hetero) is 1. The molecule has 0 radical (unpaired) electrons. The number of nitrogens with one attached hydrogen (secondary N) is 1. The molecule has 0 heterocycles. The first-order valence-electron chi connectivity index (χ1n) is 4.96. The maximum atomic E-state index is 11.1. The molecule has 0 spiro atoms. The minimum absolute atomic E-state index is 0.0434. The van der Waals surface area contributed by atoms with E-state index in [1.807, 2.05) is 12.1 Å². The van der Waals surface area contributed by atoms with Gasteiger partial charge in [0.25, 0.3) is 0 Å². The van der Waals surface area contributed by atoms with Crippen LogP contribution in [0, 0.1) is 0 Å². The average molecular weight is 207 g/mol. The van der Waals surface area contributed by atoms with E-state index in [9.17, 15) is 9.90 Å². The molecular formula is C12H17NO2. The summed E-state index contributed by atoms with van der Waals surface area (Å²) in [4.78, 5) is 11.1. The van der Waals surface area contributed by atoms with Crippen molar-refractivity contribution in [1.82, 2.24) is 0 Å². The molecule has 0 amide bonds. The first kappa shape index (κ1) is 11.7. The van der Waals surface area contributed by atoms with Crippen molar-refractivity contribution in [2.24, 2.45) is 0 Å². The lowest BCUT2D eigenvalue weighted by atomic mass is 10.1. The van der Waals surface area contributed by atoms with Crippen molar-refractivity contribution in [3.8, 4) is 0 Å². The van der Waals surface area contributed by atoms with E-state index in [1.54, 1.807) is 26.0 Å². The second kappa shape index (κ2) is 4.45. The maximum Gasteiger partial charge on any atom is 0.159 e. The molecule has 0 saturated carbocycles. The van der Waals surface area contributed by atoms with Gasteiger partial charge in [-0.2, -0.15) is 0 Å². The Balaban J connectivity index is 2.70. The van der Waals surface area contributed by atoms with E-state index in [0.29, 0.717) is 12.1 Å². The van der Waals surface area contributed by atoms with E-state index in [0.717, 1.165) is 5.69 Å². The lowest BCUT2D eigenvalue weighted by Gasteiger charge is -2.18. The smallest absolute Gasteiger partial charge is 0.159 e. The molecule has 0 aliphatic rings. The van der Waals surface area contributed by atoms with Crippen molar-refractivity contribution in [2.75, 3.05) is 11.9 Å². The summed E-state index contributed by atoms with van der Waals surface area (Å²) in [6, 6.07) is 7.26. The van der Waals surface area contributed by atoms with E-state index >= 15 is 0 Å². The summed E-state index contributed by atoms with van der Waals surface area (Å²) in [6.45, 7) is 5.45. The van der Waals surface area contributed by atoms with Crippen LogP contribution < -0.4 is 5.32 Å². The van der Waals surface area contributed by atoms with Crippen molar-refractivity contribution in [1.29, 1.82) is 0 Å². The molecule has 15 heavy (non-hydrogen) atoms. The number of ketones is 1. The van der Waals surface area contributed by atoms with Crippen molar-refractivity contribution in [3.05, 3.63) is 29.8 Å². The zero-order valence-electron chi connectivity index (χ0n) is 9.37. The number of benzene rings is 1. The van der Waals surface area contributed by atoms with Crippen LogP contribution in [0.15, 0.2) is 24.3 Å². The number of anilines is 1. The van der Waals surface area contributed by atoms with Crippen LogP contribution in [0.4, 0.5) is 5.69 Å². The standard InChI is InChI=1S/C12H17NO2/c1-9(14)10-5-4-6-11(7-10)13-8-12(2,3)15/h4-7,13,15H,8H2,1-3H3. The molecule has 0 saturated heterocycles. The molecular weight excluding hydrogens is 190 g/mol. The summed E-state index contributed by atoms with van der Waals surface area (Å²) in [6.07, 6.45) is 0. The first-order chi connectivity index (χ1) is 6.88. The van der Waals surface area contributed by atoms with Crippen LogP contribution in [0.1, 0.15) is 31.1 Å². The minimum atomic E-state index is -0.758. The van der Waals surface area contributed by atoms with Crippen LogP contribution in [-0.2, 0) is 0 Å². The third kappa shape index (κ3) is 4.13. The molecule has 0 bridgehead atoms. The van der Waals surface area contributed by atoms with Gasteiger partial charge >= 0.3 is 0 Å². The fraction of sp³-hybridized carbons (Fsp3) is 0.417. The monoisotopic (exact) mass is 207 g/mol. The molecule has 0 fully saturated rings. The Bertz CT molecular complexity index is 353. The number of aliphatic hydroxyl groups is 1. The minimum Gasteiger partial charge on any atom is -0.389 e. The molecule has 3 heteroatoms. The summed E-state index contributed by atoms with van der Waals surface area (Å²) >= 11 is 0. The molecule has 0 atom stereocenters. The van der Waals surface area contributed by atoms with Crippen molar-refractivity contribution in [2.45, 2.75) is 26.4 Å². The largest absolute Gasteiger partial charge is 0.389 e. The molecule has 0 aliphatic carbocycles. The number of rotatable bonds is 4. The number of carbonyl (C=O) groups excluding carboxylic acids is 1. The summed E-state index contributed by atoms with van der Waals surface area (Å²) < 4.78 is 0. The second-order valence-electron chi connectivity index (χ2n) is 4.30. The lowest BCUT2D eigenvalue weighted by molar-refractivity contribution is 0.0945. The quantitative estimate of drug-likeness (QED) is 0.743. The normalized spacial score (nSPS) is 11.2. The molecule has 1 rings (SSSR count). The van der Waals surface area contributed by atoms with Gasteiger partial charge in [-0.25, -0.2) is 0 Å². The Labute approximate surface area is 90.1 Å². The molecule has 82 valence electrons. The van der Waals surface area contributed by atoms with Gasteiger partial charge in [0.05, 0.1) is 5.60 Å². The molecule has 0 aromatic heterocycles. The zero-order valence-corrected chi connectivity index (χ0v) is 9.37. The third-order valence-corrected chi connectivity index (χ3v) is 1.99. The zero-order chi connectivity index (χ0) is 11.5. The van der Waals surface area contributed by atoms with Crippen LogP contribution in [0.25, 0.3) is 0 Å². The van der Waals surface area contributed by atoms with Crippen molar-refractivity contribution in [3.63, 3.8) is 0 Å². The number of carbonyl (C=O) groups is 1. The molecule has 1 aromatic rings. The molecule has 0 unspecified atom stereocenters. The van der Waals surface area contributed by atoms with E-state index in [1.165, 1.54) is 6.92 Å². The Kier molecular flexibility index (Phi) is 3.48. The molecule has 3 nitrogen and oxygen atoms in total. The van der Waals surface area contributed by atoms with Crippen LogP contribution in [-0.4, -0.2) is 23.0 Å². The highest BCUT2D eigenvalue weighted by Gasteiger charge is 2.11. The maximum absolute atomic E-state index is 11.1.